The zero-order chi connectivity index (χ0) is 13.1. The highest BCUT2D eigenvalue weighted by molar-refractivity contribution is 5.81. The minimum Gasteiger partial charge on any atom is -0.254 e. The van der Waals surface area contributed by atoms with Gasteiger partial charge in [-0.1, -0.05) is 38.1 Å². The first-order valence-corrected chi connectivity index (χ1v) is 5.80. The maximum absolute atomic E-state index is 12.0. The smallest absolute Gasteiger partial charge is 0.254 e. The van der Waals surface area contributed by atoms with Crippen molar-refractivity contribution in [2.45, 2.75) is 39.5 Å². The minimum atomic E-state index is -0.953. The molecular weight excluding hydrogens is 219 g/mol. The number of rotatable bonds is 4. The van der Waals surface area contributed by atoms with Gasteiger partial charge in [0.25, 0.3) is 0 Å². The van der Waals surface area contributed by atoms with E-state index in [1.165, 1.54) is 5.56 Å². The Bertz CT molecular complexity index is 380. The molecule has 0 heterocycles. The summed E-state index contributed by atoms with van der Waals surface area (Å²) in [6.45, 7) is 7.59. The first kappa shape index (κ1) is 13.7. The maximum atomic E-state index is 12.0. The molecule has 0 N–H and O–H groups in total. The van der Waals surface area contributed by atoms with Crippen LogP contribution in [-0.2, 0) is 21.6 Å². The second-order valence-corrected chi connectivity index (χ2v) is 5.28. The van der Waals surface area contributed by atoms with Gasteiger partial charge in [-0.15, -0.1) is 0 Å². The summed E-state index contributed by atoms with van der Waals surface area (Å²) in [5, 5.41) is 0. The van der Waals surface area contributed by atoms with E-state index in [0.29, 0.717) is 5.92 Å². The van der Waals surface area contributed by atoms with Crippen LogP contribution in [-0.4, -0.2) is 5.97 Å². The van der Waals surface area contributed by atoms with Gasteiger partial charge >= 0.3 is 5.97 Å². The minimum absolute atomic E-state index is 0.588. The Morgan fingerprint density at radius 1 is 1.29 bits per heavy atom. The number of halogens is 1. The molecule has 0 atom stereocenters. The third-order valence-electron chi connectivity index (χ3n) is 2.90. The van der Waals surface area contributed by atoms with E-state index in [2.05, 4.69) is 18.8 Å². The molecule has 0 aliphatic rings. The summed E-state index contributed by atoms with van der Waals surface area (Å²) in [5.74, 6) is -0.279. The van der Waals surface area contributed by atoms with Crippen LogP contribution in [0.1, 0.15) is 38.8 Å². The van der Waals surface area contributed by atoms with Crippen LogP contribution < -0.4 is 0 Å². The molecule has 1 rings (SSSR count). The SMILES string of the molecule is CC(C)Cc1ccc(C(C)(C)C(=O)OF)cc1. The maximum Gasteiger partial charge on any atom is 0.358 e. The van der Waals surface area contributed by atoms with Crippen molar-refractivity contribution in [3.05, 3.63) is 35.4 Å². The Morgan fingerprint density at radius 3 is 2.24 bits per heavy atom. The van der Waals surface area contributed by atoms with Crippen molar-refractivity contribution in [2.75, 3.05) is 0 Å². The molecule has 1 aromatic rings. The quantitative estimate of drug-likeness (QED) is 0.801. The van der Waals surface area contributed by atoms with Gasteiger partial charge in [-0.05, 0) is 37.3 Å². The van der Waals surface area contributed by atoms with Crippen LogP contribution in [0, 0.1) is 5.92 Å². The molecule has 0 saturated carbocycles. The number of benzene rings is 1. The Morgan fingerprint density at radius 2 is 1.82 bits per heavy atom. The lowest BCUT2D eigenvalue weighted by molar-refractivity contribution is -0.190. The summed E-state index contributed by atoms with van der Waals surface area (Å²) in [4.78, 5) is 14.6. The average Bonchev–Trinajstić information content (AvgIpc) is 2.27. The third kappa shape index (κ3) is 3.29. The molecule has 0 amide bonds. The van der Waals surface area contributed by atoms with Crippen LogP contribution in [0.3, 0.4) is 0 Å². The van der Waals surface area contributed by atoms with Gasteiger partial charge in [-0.25, -0.2) is 4.79 Å². The second-order valence-electron chi connectivity index (χ2n) is 5.28. The fourth-order valence-corrected chi connectivity index (χ4v) is 1.74. The molecular formula is C14H19FO2. The van der Waals surface area contributed by atoms with Crippen molar-refractivity contribution >= 4 is 5.97 Å². The van der Waals surface area contributed by atoms with Gasteiger partial charge in [0.1, 0.15) is 0 Å². The van der Waals surface area contributed by atoms with Crippen LogP contribution in [0.25, 0.3) is 0 Å². The number of hydrogen-bond acceptors (Lipinski definition) is 2. The van der Waals surface area contributed by atoms with Crippen molar-refractivity contribution in [3.63, 3.8) is 0 Å². The molecule has 0 radical (unpaired) electrons. The van der Waals surface area contributed by atoms with E-state index in [1.807, 2.05) is 24.3 Å². The zero-order valence-corrected chi connectivity index (χ0v) is 10.8. The summed E-state index contributed by atoms with van der Waals surface area (Å²) in [7, 11) is 0. The number of carbonyl (C=O) groups excluding carboxylic acids is 1. The highest BCUT2D eigenvalue weighted by atomic mass is 19.3. The summed E-state index contributed by atoms with van der Waals surface area (Å²) in [5.41, 5.74) is 1.02. The van der Waals surface area contributed by atoms with Crippen molar-refractivity contribution in [2.24, 2.45) is 5.92 Å². The van der Waals surface area contributed by atoms with Gasteiger partial charge in [-0.3, -0.25) is 4.94 Å². The van der Waals surface area contributed by atoms with E-state index in [0.717, 1.165) is 12.0 Å². The second kappa shape index (κ2) is 5.30. The molecule has 94 valence electrons. The highest BCUT2D eigenvalue weighted by Crippen LogP contribution is 2.25. The van der Waals surface area contributed by atoms with Crippen LogP contribution in [0.4, 0.5) is 4.53 Å². The molecule has 0 aliphatic heterocycles. The van der Waals surface area contributed by atoms with Gasteiger partial charge < -0.3 is 0 Å². The Kier molecular flexibility index (Phi) is 4.27. The van der Waals surface area contributed by atoms with Crippen molar-refractivity contribution in [1.82, 2.24) is 0 Å². The van der Waals surface area contributed by atoms with Crippen molar-refractivity contribution in [1.29, 1.82) is 0 Å². The topological polar surface area (TPSA) is 26.3 Å². The highest BCUT2D eigenvalue weighted by Gasteiger charge is 2.32. The van der Waals surface area contributed by atoms with E-state index < -0.39 is 11.4 Å². The van der Waals surface area contributed by atoms with E-state index in [1.54, 1.807) is 13.8 Å². The summed E-state index contributed by atoms with van der Waals surface area (Å²) in [6, 6.07) is 7.66. The lowest BCUT2D eigenvalue weighted by Gasteiger charge is -2.20. The normalized spacial score (nSPS) is 11.6. The fraction of sp³-hybridized carbons (Fsp3) is 0.500. The van der Waals surface area contributed by atoms with Crippen LogP contribution >= 0.6 is 0 Å². The molecule has 3 heteroatoms. The van der Waals surface area contributed by atoms with E-state index >= 15 is 0 Å². The molecule has 0 saturated heterocycles. The third-order valence-corrected chi connectivity index (χ3v) is 2.90. The lowest BCUT2D eigenvalue weighted by Crippen LogP contribution is -2.29. The Balaban J connectivity index is 2.90. The number of carbonyl (C=O) groups is 1. The standard InChI is InChI=1S/C14H19FO2/c1-10(2)9-11-5-7-12(8-6-11)14(3,4)13(16)17-15/h5-8,10H,9H2,1-4H3. The first-order chi connectivity index (χ1) is 7.87. The van der Waals surface area contributed by atoms with Gasteiger partial charge in [0.15, 0.2) is 0 Å². The lowest BCUT2D eigenvalue weighted by atomic mass is 9.84. The van der Waals surface area contributed by atoms with E-state index in [9.17, 15) is 9.32 Å². The predicted molar refractivity (Wildman–Crippen MR) is 65.2 cm³/mol. The Labute approximate surface area is 102 Å². The monoisotopic (exact) mass is 238 g/mol. The molecule has 1 aromatic carbocycles. The molecule has 0 bridgehead atoms. The molecule has 0 fully saturated rings. The molecule has 0 spiro atoms. The molecule has 0 aromatic heterocycles. The predicted octanol–water partition coefficient (Wildman–Crippen LogP) is 3.59. The summed E-state index contributed by atoms with van der Waals surface area (Å²) < 4.78 is 12.0. The molecule has 0 aliphatic carbocycles. The largest absolute Gasteiger partial charge is 0.358 e. The van der Waals surface area contributed by atoms with Crippen LogP contribution in [0.15, 0.2) is 24.3 Å². The fourth-order valence-electron chi connectivity index (χ4n) is 1.74. The van der Waals surface area contributed by atoms with E-state index in [-0.39, 0.29) is 0 Å². The summed E-state index contributed by atoms with van der Waals surface area (Å²) >= 11 is 0. The van der Waals surface area contributed by atoms with Crippen molar-refractivity contribution in [3.8, 4) is 0 Å². The number of hydrogen-bond donors (Lipinski definition) is 0. The molecule has 2 nitrogen and oxygen atoms in total. The van der Waals surface area contributed by atoms with Gasteiger partial charge in [-0.2, -0.15) is 0 Å². The van der Waals surface area contributed by atoms with Crippen LogP contribution in [0.2, 0.25) is 0 Å². The average molecular weight is 238 g/mol. The molecule has 0 unspecified atom stereocenters. The summed E-state index contributed by atoms with van der Waals surface area (Å²) in [6.07, 6.45) is 0.994. The molecule has 17 heavy (non-hydrogen) atoms. The Hall–Kier alpha value is -1.38. The van der Waals surface area contributed by atoms with Gasteiger partial charge in [0.05, 0.1) is 5.41 Å². The van der Waals surface area contributed by atoms with Gasteiger partial charge in [0.2, 0.25) is 0 Å². The first-order valence-electron chi connectivity index (χ1n) is 5.80. The van der Waals surface area contributed by atoms with Gasteiger partial charge in [0, 0.05) is 4.53 Å². The zero-order valence-electron chi connectivity index (χ0n) is 10.8. The van der Waals surface area contributed by atoms with Crippen LogP contribution in [0.5, 0.6) is 0 Å². The van der Waals surface area contributed by atoms with Crippen molar-refractivity contribution < 1.29 is 14.3 Å². The van der Waals surface area contributed by atoms with E-state index in [4.69, 9.17) is 0 Å².